The summed E-state index contributed by atoms with van der Waals surface area (Å²) in [5.74, 6) is 0. The van der Waals surface area contributed by atoms with Crippen molar-refractivity contribution in [3.8, 4) is 0 Å². The zero-order valence-electron chi connectivity index (χ0n) is 9.94. The molecule has 0 radical (unpaired) electrons. The van der Waals surface area contributed by atoms with E-state index in [9.17, 15) is 0 Å². The molecule has 0 saturated carbocycles. The van der Waals surface area contributed by atoms with E-state index < -0.39 is 0 Å². The van der Waals surface area contributed by atoms with Crippen LogP contribution in [0, 0.1) is 0 Å². The largest absolute Gasteiger partial charge is 0.472 e. The molecule has 2 N–H and O–H groups in total. The van der Waals surface area contributed by atoms with Gasteiger partial charge in [0.1, 0.15) is 0 Å². The molecule has 0 bridgehead atoms. The monoisotopic (exact) mass is 231 g/mol. The second-order valence-electron chi connectivity index (χ2n) is 3.87. The first-order valence-electron chi connectivity index (χ1n) is 5.82. The van der Waals surface area contributed by atoms with Crippen LogP contribution in [0.25, 0.3) is 0 Å². The fraction of sp³-hybridized carbons (Fsp3) is 0.308. The van der Waals surface area contributed by atoms with Crippen molar-refractivity contribution in [1.29, 1.82) is 0 Å². The third-order valence-electron chi connectivity index (χ3n) is 2.39. The van der Waals surface area contributed by atoms with Gasteiger partial charge < -0.3 is 15.1 Å². The van der Waals surface area contributed by atoms with Gasteiger partial charge in [0.15, 0.2) is 0 Å². The molecule has 2 aromatic rings. The molecular weight excluding hydrogens is 214 g/mol. The van der Waals surface area contributed by atoms with E-state index in [1.165, 1.54) is 0 Å². The summed E-state index contributed by atoms with van der Waals surface area (Å²) in [6.45, 7) is 3.85. The summed E-state index contributed by atoms with van der Waals surface area (Å²) in [6, 6.07) is 4.00. The normalized spacial score (nSPS) is 10.2. The van der Waals surface area contributed by atoms with Crippen LogP contribution in [0.2, 0.25) is 0 Å². The van der Waals surface area contributed by atoms with E-state index in [0.29, 0.717) is 0 Å². The maximum Gasteiger partial charge on any atom is 0.0952 e. The average Bonchev–Trinajstić information content (AvgIpc) is 2.87. The number of anilines is 2. The molecule has 4 heteroatoms. The number of nitrogens with zero attached hydrogens (tertiary/aromatic N) is 1. The Morgan fingerprint density at radius 3 is 2.76 bits per heavy atom. The van der Waals surface area contributed by atoms with Gasteiger partial charge in [-0.05, 0) is 18.6 Å². The fourth-order valence-electron chi connectivity index (χ4n) is 1.50. The maximum absolute atomic E-state index is 5.01. The maximum atomic E-state index is 5.01. The molecule has 2 heterocycles. The molecule has 2 aromatic heterocycles. The third kappa shape index (κ3) is 3.52. The van der Waals surface area contributed by atoms with Gasteiger partial charge in [-0.1, -0.05) is 6.92 Å². The van der Waals surface area contributed by atoms with Gasteiger partial charge in [-0.25, -0.2) is 0 Å². The van der Waals surface area contributed by atoms with Crippen molar-refractivity contribution in [3.63, 3.8) is 0 Å². The molecule has 0 saturated heterocycles. The summed E-state index contributed by atoms with van der Waals surface area (Å²) in [5, 5.41) is 6.61. The number of pyridine rings is 1. The molecule has 0 aliphatic carbocycles. The summed E-state index contributed by atoms with van der Waals surface area (Å²) >= 11 is 0. The average molecular weight is 231 g/mol. The van der Waals surface area contributed by atoms with E-state index in [2.05, 4.69) is 28.6 Å². The Morgan fingerprint density at radius 2 is 2.06 bits per heavy atom. The molecule has 0 spiro atoms. The molecule has 0 unspecified atom stereocenters. The molecule has 4 nitrogen and oxygen atoms in total. The Labute approximate surface area is 101 Å². The third-order valence-corrected chi connectivity index (χ3v) is 2.39. The highest BCUT2D eigenvalue weighted by Crippen LogP contribution is 2.14. The number of rotatable bonds is 6. The first-order valence-corrected chi connectivity index (χ1v) is 5.82. The molecule has 2 rings (SSSR count). The molecule has 90 valence electrons. The van der Waals surface area contributed by atoms with Gasteiger partial charge in [0.05, 0.1) is 36.3 Å². The Bertz CT molecular complexity index is 440. The van der Waals surface area contributed by atoms with Gasteiger partial charge in [0.2, 0.25) is 0 Å². The van der Waals surface area contributed by atoms with Gasteiger partial charge in [0, 0.05) is 18.7 Å². The second kappa shape index (κ2) is 5.94. The van der Waals surface area contributed by atoms with E-state index in [-0.39, 0.29) is 0 Å². The Morgan fingerprint density at radius 1 is 1.24 bits per heavy atom. The molecule has 0 atom stereocenters. The number of nitrogens with one attached hydrogen (secondary N) is 2. The van der Waals surface area contributed by atoms with Crippen LogP contribution in [-0.4, -0.2) is 11.5 Å². The standard InChI is InChI=1S/C13H17N3O/c1-2-4-15-12-6-13(9-14-8-12)16-7-11-3-5-17-10-11/h3,5-6,8-10,15-16H,2,4,7H2,1H3. The van der Waals surface area contributed by atoms with Crippen LogP contribution in [-0.2, 0) is 6.54 Å². The van der Waals surface area contributed by atoms with Gasteiger partial charge in [-0.2, -0.15) is 0 Å². The van der Waals surface area contributed by atoms with E-state index in [0.717, 1.165) is 36.4 Å². The summed E-state index contributed by atoms with van der Waals surface area (Å²) in [4.78, 5) is 4.19. The predicted molar refractivity (Wildman–Crippen MR) is 69.1 cm³/mol. The minimum Gasteiger partial charge on any atom is -0.472 e. The van der Waals surface area contributed by atoms with E-state index in [4.69, 9.17) is 4.42 Å². The highest BCUT2D eigenvalue weighted by molar-refractivity contribution is 5.54. The van der Waals surface area contributed by atoms with E-state index >= 15 is 0 Å². The Balaban J connectivity index is 1.91. The van der Waals surface area contributed by atoms with Gasteiger partial charge in [-0.15, -0.1) is 0 Å². The Kier molecular flexibility index (Phi) is 4.02. The van der Waals surface area contributed by atoms with Crippen LogP contribution in [0.4, 0.5) is 11.4 Å². The summed E-state index contributed by atoms with van der Waals surface area (Å²) < 4.78 is 5.01. The minimum atomic E-state index is 0.745. The topological polar surface area (TPSA) is 50.1 Å². The zero-order valence-corrected chi connectivity index (χ0v) is 9.94. The van der Waals surface area contributed by atoms with Crippen LogP contribution in [0.3, 0.4) is 0 Å². The lowest BCUT2D eigenvalue weighted by molar-refractivity contribution is 0.564. The minimum absolute atomic E-state index is 0.745. The molecule has 17 heavy (non-hydrogen) atoms. The lowest BCUT2D eigenvalue weighted by Crippen LogP contribution is -2.02. The van der Waals surface area contributed by atoms with Crippen LogP contribution >= 0.6 is 0 Å². The van der Waals surface area contributed by atoms with Crippen molar-refractivity contribution >= 4 is 11.4 Å². The van der Waals surface area contributed by atoms with Crippen molar-refractivity contribution in [2.75, 3.05) is 17.2 Å². The highest BCUT2D eigenvalue weighted by Gasteiger charge is 1.97. The van der Waals surface area contributed by atoms with E-state index in [1.807, 2.05) is 18.5 Å². The van der Waals surface area contributed by atoms with Crippen molar-refractivity contribution in [1.82, 2.24) is 4.98 Å². The zero-order chi connectivity index (χ0) is 11.9. The number of furan rings is 1. The fourth-order valence-corrected chi connectivity index (χ4v) is 1.50. The quantitative estimate of drug-likeness (QED) is 0.802. The summed E-state index contributed by atoms with van der Waals surface area (Å²) in [7, 11) is 0. The first-order chi connectivity index (χ1) is 8.38. The lowest BCUT2D eigenvalue weighted by atomic mass is 10.3. The lowest BCUT2D eigenvalue weighted by Gasteiger charge is -2.08. The molecule has 0 aliphatic rings. The smallest absolute Gasteiger partial charge is 0.0952 e. The highest BCUT2D eigenvalue weighted by atomic mass is 16.3. The van der Waals surface area contributed by atoms with Crippen LogP contribution in [0.1, 0.15) is 18.9 Å². The number of aromatic nitrogens is 1. The van der Waals surface area contributed by atoms with Crippen molar-refractivity contribution in [2.24, 2.45) is 0 Å². The SMILES string of the molecule is CCCNc1cncc(NCc2ccoc2)c1. The van der Waals surface area contributed by atoms with E-state index in [1.54, 1.807) is 12.5 Å². The summed E-state index contributed by atoms with van der Waals surface area (Å²) in [5.41, 5.74) is 3.17. The molecule has 0 aromatic carbocycles. The molecule has 0 amide bonds. The number of hydrogen-bond donors (Lipinski definition) is 2. The van der Waals surface area contributed by atoms with Gasteiger partial charge in [-0.3, -0.25) is 4.98 Å². The molecule has 0 aliphatic heterocycles. The molecular formula is C13H17N3O. The van der Waals surface area contributed by atoms with Crippen LogP contribution in [0.5, 0.6) is 0 Å². The Hall–Kier alpha value is -1.97. The predicted octanol–water partition coefficient (Wildman–Crippen LogP) is 3.11. The van der Waals surface area contributed by atoms with Gasteiger partial charge >= 0.3 is 0 Å². The van der Waals surface area contributed by atoms with Crippen molar-refractivity contribution in [2.45, 2.75) is 19.9 Å². The van der Waals surface area contributed by atoms with Crippen LogP contribution in [0.15, 0.2) is 41.5 Å². The number of hydrogen-bond acceptors (Lipinski definition) is 4. The van der Waals surface area contributed by atoms with Crippen molar-refractivity contribution < 1.29 is 4.42 Å². The van der Waals surface area contributed by atoms with Crippen LogP contribution < -0.4 is 10.6 Å². The van der Waals surface area contributed by atoms with Crippen molar-refractivity contribution in [3.05, 3.63) is 42.6 Å². The molecule has 0 fully saturated rings. The van der Waals surface area contributed by atoms with Gasteiger partial charge in [0.25, 0.3) is 0 Å². The summed E-state index contributed by atoms with van der Waals surface area (Å²) in [6.07, 6.45) is 8.16. The second-order valence-corrected chi connectivity index (χ2v) is 3.87. The first kappa shape index (κ1) is 11.5.